The van der Waals surface area contributed by atoms with E-state index < -0.39 is 0 Å². The molecule has 0 aliphatic carbocycles. The molecule has 124 valence electrons. The summed E-state index contributed by atoms with van der Waals surface area (Å²) in [6.45, 7) is 1.92. The Labute approximate surface area is 122 Å². The second-order valence-electron chi connectivity index (χ2n) is 2.74. The minimum Gasteiger partial charge on any atom is -0.364 e. The summed E-state index contributed by atoms with van der Waals surface area (Å²) in [5.74, 6) is -0.193. The number of nitrogens with one attached hydrogen (secondary N) is 1. The zero-order valence-corrected chi connectivity index (χ0v) is 8.29. The van der Waals surface area contributed by atoms with Crippen LogP contribution in [0.15, 0.2) is 0 Å². The molecule has 0 heterocycles. The Bertz CT molecular complexity index is 186. The lowest BCUT2D eigenvalue weighted by atomic mass is 10.4. The summed E-state index contributed by atoms with van der Waals surface area (Å²) in [7, 11) is 3.16. The van der Waals surface area contributed by atoms with Gasteiger partial charge in [-0.1, -0.05) is 44.6 Å². The number of carbonyl (C=O) groups excluding carboxylic acids is 2. The molecule has 5 heteroatoms. The number of carbonyl (C=O) groups is 2. The highest BCUT2D eigenvalue weighted by Crippen LogP contribution is 1.90. The number of likely N-dealkylation sites (N-methyl/N-ethyl adjacent to an activating group) is 1. The maximum Gasteiger partial charge on any atom is 0.238 e. The second kappa shape index (κ2) is 25.8. The van der Waals surface area contributed by atoms with Crippen LogP contribution in [0.5, 0.6) is 0 Å². The average Bonchev–Trinajstić information content (AvgIpc) is 2.03. The predicted octanol–water partition coefficient (Wildman–Crippen LogP) is 3.04. The lowest BCUT2D eigenvalue weighted by molar-refractivity contribution is -0.138. The third-order valence-electron chi connectivity index (χ3n) is 1.38. The molecule has 0 radical (unpaired) electrons. The molecule has 0 atom stereocenters. The Morgan fingerprint density at radius 1 is 1.05 bits per heavy atom. The number of rotatable bonds is 6. The van der Waals surface area contributed by atoms with Crippen LogP contribution in [0.1, 0.15) is 51.5 Å². The van der Waals surface area contributed by atoms with Crippen molar-refractivity contribution in [3.63, 3.8) is 0 Å². The summed E-state index contributed by atoms with van der Waals surface area (Å²) in [6.07, 6.45) is 0. The first-order valence-electron chi connectivity index (χ1n) is 4.02. The summed E-state index contributed by atoms with van der Waals surface area (Å²) < 4.78 is 4.80. The van der Waals surface area contributed by atoms with E-state index in [0.29, 0.717) is 0 Å². The van der Waals surface area contributed by atoms with Gasteiger partial charge < -0.3 is 15.0 Å². The molecular weight excluding hydrogens is 244 g/mol. The fraction of sp³-hybridized carbons (Fsp3) is 0.857. The molecule has 0 fully saturated rings. The number of ether oxygens (including phenoxy) is 1. The highest BCUT2D eigenvalue weighted by Gasteiger charge is 2.13. The largest absolute Gasteiger partial charge is 0.364 e. The Morgan fingerprint density at radius 3 is 1.74 bits per heavy atom. The van der Waals surface area contributed by atoms with Gasteiger partial charge in [0, 0.05) is 7.11 Å². The van der Waals surface area contributed by atoms with Gasteiger partial charge >= 0.3 is 0 Å². The Hall–Kier alpha value is -0.940. The molecule has 0 saturated carbocycles. The highest BCUT2D eigenvalue weighted by atomic mass is 16.5. The molecule has 0 rings (SSSR count). The van der Waals surface area contributed by atoms with Crippen LogP contribution in [0.4, 0.5) is 0 Å². The van der Waals surface area contributed by atoms with Crippen LogP contribution in [-0.2, 0) is 14.3 Å². The number of hydrogen-bond donors (Lipinski definition) is 1. The van der Waals surface area contributed by atoms with E-state index in [9.17, 15) is 9.59 Å². The van der Waals surface area contributed by atoms with Gasteiger partial charge in [0.15, 0.2) is 0 Å². The van der Waals surface area contributed by atoms with Crippen molar-refractivity contribution in [3.8, 4) is 0 Å². The molecule has 0 spiro atoms. The fourth-order valence-electron chi connectivity index (χ4n) is 0.893. The van der Waals surface area contributed by atoms with Crippen molar-refractivity contribution in [2.24, 2.45) is 0 Å². The summed E-state index contributed by atoms with van der Waals surface area (Å²) in [5.41, 5.74) is 0. The molecule has 0 aromatic carbocycles. The summed E-state index contributed by atoms with van der Waals surface area (Å²) >= 11 is 0. The third kappa shape index (κ3) is 22.7. The van der Waals surface area contributed by atoms with Crippen LogP contribution < -0.4 is 5.32 Å². The topological polar surface area (TPSA) is 58.6 Å². The zero-order chi connectivity index (χ0) is 10.3. The van der Waals surface area contributed by atoms with E-state index in [1.165, 1.54) is 18.9 Å². The predicted molar refractivity (Wildman–Crippen MR) is 88.6 cm³/mol. The number of ketones is 1. The highest BCUT2D eigenvalue weighted by molar-refractivity contribution is 5.85. The smallest absolute Gasteiger partial charge is 0.238 e. The number of Topliss-reactive ketones (excluding diaryl/α,β-unsaturated/α-hetero) is 1. The molecule has 19 heavy (non-hydrogen) atoms. The molecule has 0 saturated heterocycles. The van der Waals surface area contributed by atoms with Gasteiger partial charge in [0.25, 0.3) is 0 Å². The summed E-state index contributed by atoms with van der Waals surface area (Å²) in [4.78, 5) is 23.4. The second-order valence-corrected chi connectivity index (χ2v) is 2.74. The minimum absolute atomic E-state index is 0. The van der Waals surface area contributed by atoms with Crippen LogP contribution in [0.25, 0.3) is 0 Å². The van der Waals surface area contributed by atoms with Crippen molar-refractivity contribution < 1.29 is 14.3 Å². The number of methoxy groups -OCH3 is 1. The zero-order valence-electron chi connectivity index (χ0n) is 8.29. The van der Waals surface area contributed by atoms with E-state index in [1.807, 2.05) is 0 Å². The SMILES string of the molecule is C.C.C.C.C.C.CNCC(=O)N(COC)CC(C)=O. The van der Waals surface area contributed by atoms with E-state index in [2.05, 4.69) is 5.32 Å². The van der Waals surface area contributed by atoms with Gasteiger partial charge in [-0.25, -0.2) is 0 Å². The van der Waals surface area contributed by atoms with E-state index in [4.69, 9.17) is 4.74 Å². The first kappa shape index (κ1) is 43.0. The normalized spacial score (nSPS) is 6.68. The molecule has 0 aliphatic heterocycles. The van der Waals surface area contributed by atoms with Crippen LogP contribution in [0, 0.1) is 0 Å². The quantitative estimate of drug-likeness (QED) is 0.762. The lowest BCUT2D eigenvalue weighted by Gasteiger charge is -2.19. The minimum atomic E-state index is -0.139. The maximum atomic E-state index is 11.3. The van der Waals surface area contributed by atoms with Crippen LogP contribution >= 0.6 is 0 Å². The van der Waals surface area contributed by atoms with Crippen LogP contribution in [0.2, 0.25) is 0 Å². The van der Waals surface area contributed by atoms with Gasteiger partial charge in [-0.3, -0.25) is 9.59 Å². The van der Waals surface area contributed by atoms with Gasteiger partial charge in [0.05, 0.1) is 13.1 Å². The van der Waals surface area contributed by atoms with Gasteiger partial charge in [0.2, 0.25) is 5.91 Å². The molecule has 0 aromatic heterocycles. The first-order chi connectivity index (χ1) is 6.11. The van der Waals surface area contributed by atoms with E-state index in [0.717, 1.165) is 0 Å². The van der Waals surface area contributed by atoms with Crippen molar-refractivity contribution >= 4 is 11.7 Å². The summed E-state index contributed by atoms with van der Waals surface area (Å²) in [5, 5.41) is 2.72. The molecule has 1 N–H and O–H groups in total. The molecule has 0 aromatic rings. The molecule has 1 amide bonds. The van der Waals surface area contributed by atoms with E-state index >= 15 is 0 Å². The van der Waals surface area contributed by atoms with Crippen molar-refractivity contribution in [1.29, 1.82) is 0 Å². The lowest BCUT2D eigenvalue weighted by Crippen LogP contribution is -2.40. The fourth-order valence-corrected chi connectivity index (χ4v) is 0.893. The van der Waals surface area contributed by atoms with Crippen LogP contribution in [-0.4, -0.2) is 50.6 Å². The van der Waals surface area contributed by atoms with Crippen molar-refractivity contribution in [1.82, 2.24) is 10.2 Å². The molecular formula is C14H40N2O3. The maximum absolute atomic E-state index is 11.3. The van der Waals surface area contributed by atoms with Crippen molar-refractivity contribution in [3.05, 3.63) is 0 Å². The van der Waals surface area contributed by atoms with Crippen LogP contribution in [0.3, 0.4) is 0 Å². The molecule has 0 unspecified atom stereocenters. The van der Waals surface area contributed by atoms with Gasteiger partial charge in [-0.2, -0.15) is 0 Å². The molecule has 0 aliphatic rings. The Morgan fingerprint density at radius 2 is 1.47 bits per heavy atom. The number of hydrogen-bond acceptors (Lipinski definition) is 4. The van der Waals surface area contributed by atoms with Gasteiger partial charge in [-0.15, -0.1) is 0 Å². The standard InChI is InChI=1S/C8H16N2O3.6CH4/c1-7(11)5-10(6-13-3)8(12)4-9-2;;;;;;/h9H,4-6H2,1-3H3;6*1H4. The molecule has 5 nitrogen and oxygen atoms in total. The monoisotopic (exact) mass is 284 g/mol. The number of nitrogens with zero attached hydrogens (tertiary/aromatic N) is 1. The summed E-state index contributed by atoms with van der Waals surface area (Å²) in [6, 6.07) is 0. The van der Waals surface area contributed by atoms with Gasteiger partial charge in [-0.05, 0) is 14.0 Å². The van der Waals surface area contributed by atoms with E-state index in [-0.39, 0.29) is 76.1 Å². The van der Waals surface area contributed by atoms with Crippen molar-refractivity contribution in [2.75, 3.05) is 34.0 Å². The Kier molecular flexibility index (Phi) is 58.3. The van der Waals surface area contributed by atoms with E-state index in [1.54, 1.807) is 7.05 Å². The first-order valence-corrected chi connectivity index (χ1v) is 4.02. The number of amides is 1. The third-order valence-corrected chi connectivity index (χ3v) is 1.38. The average molecular weight is 284 g/mol. The Balaban J connectivity index is -0.0000000480. The van der Waals surface area contributed by atoms with Gasteiger partial charge in [0.1, 0.15) is 12.5 Å². The molecule has 0 bridgehead atoms. The van der Waals surface area contributed by atoms with Crippen molar-refractivity contribution in [2.45, 2.75) is 51.5 Å².